The number of nitrogens with one attached hydrogen (secondary N) is 1. The van der Waals surface area contributed by atoms with Gasteiger partial charge in [-0.3, -0.25) is 11.3 Å². The van der Waals surface area contributed by atoms with Crippen molar-refractivity contribution in [2.24, 2.45) is 5.84 Å². The smallest absolute Gasteiger partial charge is 0.115 e. The van der Waals surface area contributed by atoms with Crippen LogP contribution in [0.5, 0.6) is 0 Å². The topological polar surface area (TPSA) is 63.8 Å². The van der Waals surface area contributed by atoms with Crippen LogP contribution in [0.15, 0.2) is 36.8 Å². The minimum Gasteiger partial charge on any atom is -0.271 e. The molecule has 1 aromatic heterocycles. The van der Waals surface area contributed by atoms with E-state index in [2.05, 4.69) is 15.4 Å². The third-order valence-electron chi connectivity index (χ3n) is 2.59. The number of hydrogen-bond acceptors (Lipinski definition) is 4. The van der Waals surface area contributed by atoms with Crippen LogP contribution >= 0.6 is 23.2 Å². The third-order valence-corrected chi connectivity index (χ3v) is 3.33. The van der Waals surface area contributed by atoms with Gasteiger partial charge in [-0.15, -0.1) is 0 Å². The predicted octanol–water partition coefficient (Wildman–Crippen LogP) is 2.53. The Morgan fingerprint density at radius 3 is 2.67 bits per heavy atom. The Bertz CT molecular complexity index is 519. The summed E-state index contributed by atoms with van der Waals surface area (Å²) in [4.78, 5) is 8.05. The first-order valence-electron chi connectivity index (χ1n) is 5.36. The standard InChI is InChI=1S/C12H12Cl2N4/c13-9-2-1-8(5-10(9)14)6-12(18-15)11-3-4-16-7-17-11/h1-5,7,12,18H,6,15H2. The average molecular weight is 283 g/mol. The minimum atomic E-state index is -0.0924. The van der Waals surface area contributed by atoms with Crippen LogP contribution in [0.4, 0.5) is 0 Å². The summed E-state index contributed by atoms with van der Waals surface area (Å²) in [6.07, 6.45) is 3.85. The van der Waals surface area contributed by atoms with Crippen LogP contribution in [-0.4, -0.2) is 9.97 Å². The number of halogens is 2. The Hall–Kier alpha value is -1.20. The van der Waals surface area contributed by atoms with Crippen LogP contribution < -0.4 is 11.3 Å². The molecule has 0 spiro atoms. The number of nitrogens with zero attached hydrogens (tertiary/aromatic N) is 2. The molecule has 2 rings (SSSR count). The molecule has 0 radical (unpaired) electrons. The SMILES string of the molecule is NNC(Cc1ccc(Cl)c(Cl)c1)c1ccncn1. The zero-order chi connectivity index (χ0) is 13.0. The van der Waals surface area contributed by atoms with Crippen molar-refractivity contribution < 1.29 is 0 Å². The molecule has 1 unspecified atom stereocenters. The Morgan fingerprint density at radius 1 is 1.22 bits per heavy atom. The molecule has 1 aromatic carbocycles. The lowest BCUT2D eigenvalue weighted by atomic mass is 10.0. The maximum Gasteiger partial charge on any atom is 0.115 e. The average Bonchev–Trinajstić information content (AvgIpc) is 2.41. The number of hydrazine groups is 1. The van der Waals surface area contributed by atoms with E-state index < -0.39 is 0 Å². The van der Waals surface area contributed by atoms with Gasteiger partial charge in [0, 0.05) is 6.20 Å². The Labute approximate surface area is 115 Å². The monoisotopic (exact) mass is 282 g/mol. The largest absolute Gasteiger partial charge is 0.271 e. The summed E-state index contributed by atoms with van der Waals surface area (Å²) < 4.78 is 0. The fourth-order valence-corrected chi connectivity index (χ4v) is 1.98. The highest BCUT2D eigenvalue weighted by molar-refractivity contribution is 6.42. The molecule has 18 heavy (non-hydrogen) atoms. The van der Waals surface area contributed by atoms with E-state index in [4.69, 9.17) is 29.0 Å². The van der Waals surface area contributed by atoms with Gasteiger partial charge in [0.25, 0.3) is 0 Å². The normalized spacial score (nSPS) is 12.4. The van der Waals surface area contributed by atoms with Crippen LogP contribution in [0.1, 0.15) is 17.3 Å². The second-order valence-corrected chi connectivity index (χ2v) is 4.62. The highest BCUT2D eigenvalue weighted by Crippen LogP contribution is 2.24. The molecule has 6 heteroatoms. The van der Waals surface area contributed by atoms with Gasteiger partial charge < -0.3 is 0 Å². The molecule has 0 bridgehead atoms. The van der Waals surface area contributed by atoms with E-state index in [0.29, 0.717) is 16.5 Å². The molecular formula is C12H12Cl2N4. The molecule has 94 valence electrons. The third kappa shape index (κ3) is 3.17. The van der Waals surface area contributed by atoms with Crippen molar-refractivity contribution in [2.45, 2.75) is 12.5 Å². The van der Waals surface area contributed by atoms with Gasteiger partial charge in [-0.05, 0) is 30.2 Å². The molecule has 0 aliphatic rings. The van der Waals surface area contributed by atoms with Crippen molar-refractivity contribution >= 4 is 23.2 Å². The van der Waals surface area contributed by atoms with E-state index in [1.54, 1.807) is 12.3 Å². The molecule has 1 heterocycles. The van der Waals surface area contributed by atoms with E-state index in [-0.39, 0.29) is 6.04 Å². The second-order valence-electron chi connectivity index (χ2n) is 3.81. The van der Waals surface area contributed by atoms with E-state index in [1.807, 2.05) is 18.2 Å². The summed E-state index contributed by atoms with van der Waals surface area (Å²) in [7, 11) is 0. The fourth-order valence-electron chi connectivity index (χ4n) is 1.66. The molecule has 0 aliphatic carbocycles. The van der Waals surface area contributed by atoms with Crippen molar-refractivity contribution in [1.82, 2.24) is 15.4 Å². The molecule has 0 saturated carbocycles. The van der Waals surface area contributed by atoms with Gasteiger partial charge >= 0.3 is 0 Å². The lowest BCUT2D eigenvalue weighted by molar-refractivity contribution is 0.537. The van der Waals surface area contributed by atoms with Crippen molar-refractivity contribution in [1.29, 1.82) is 0 Å². The molecule has 0 saturated heterocycles. The highest BCUT2D eigenvalue weighted by Gasteiger charge is 2.12. The van der Waals surface area contributed by atoms with E-state index in [9.17, 15) is 0 Å². The highest BCUT2D eigenvalue weighted by atomic mass is 35.5. The molecule has 3 N–H and O–H groups in total. The summed E-state index contributed by atoms with van der Waals surface area (Å²) in [6.45, 7) is 0. The zero-order valence-corrected chi connectivity index (χ0v) is 11.0. The van der Waals surface area contributed by atoms with E-state index >= 15 is 0 Å². The van der Waals surface area contributed by atoms with Crippen molar-refractivity contribution in [3.05, 3.63) is 58.1 Å². The number of benzene rings is 1. The lowest BCUT2D eigenvalue weighted by Crippen LogP contribution is -2.30. The summed E-state index contributed by atoms with van der Waals surface area (Å²) in [5.41, 5.74) is 4.60. The van der Waals surface area contributed by atoms with Crippen LogP contribution in [0.25, 0.3) is 0 Å². The summed E-state index contributed by atoms with van der Waals surface area (Å²) in [5.74, 6) is 5.55. The van der Waals surface area contributed by atoms with Crippen molar-refractivity contribution in [3.63, 3.8) is 0 Å². The van der Waals surface area contributed by atoms with E-state index in [0.717, 1.165) is 11.3 Å². The molecule has 0 fully saturated rings. The molecule has 4 nitrogen and oxygen atoms in total. The van der Waals surface area contributed by atoms with Crippen molar-refractivity contribution in [2.75, 3.05) is 0 Å². The predicted molar refractivity (Wildman–Crippen MR) is 72.3 cm³/mol. The van der Waals surface area contributed by atoms with Crippen LogP contribution in [-0.2, 0) is 6.42 Å². The molecular weight excluding hydrogens is 271 g/mol. The summed E-state index contributed by atoms with van der Waals surface area (Å²) in [6, 6.07) is 7.24. The Kier molecular flexibility index (Phi) is 4.49. The molecule has 1 atom stereocenters. The maximum absolute atomic E-state index is 5.98. The van der Waals surface area contributed by atoms with Gasteiger partial charge in [-0.1, -0.05) is 29.3 Å². The molecule has 0 amide bonds. The number of aromatic nitrogens is 2. The zero-order valence-electron chi connectivity index (χ0n) is 9.48. The first kappa shape index (κ1) is 13.2. The molecule has 2 aromatic rings. The van der Waals surface area contributed by atoms with Gasteiger partial charge in [0.05, 0.1) is 21.8 Å². The van der Waals surface area contributed by atoms with Crippen LogP contribution in [0.2, 0.25) is 10.0 Å². The van der Waals surface area contributed by atoms with E-state index in [1.165, 1.54) is 6.33 Å². The second kappa shape index (κ2) is 6.11. The lowest BCUT2D eigenvalue weighted by Gasteiger charge is -2.15. The maximum atomic E-state index is 5.98. The summed E-state index contributed by atoms with van der Waals surface area (Å²) >= 11 is 11.9. The number of hydrogen-bond donors (Lipinski definition) is 2. The van der Waals surface area contributed by atoms with Crippen LogP contribution in [0.3, 0.4) is 0 Å². The van der Waals surface area contributed by atoms with Gasteiger partial charge in [-0.2, -0.15) is 0 Å². The first-order valence-corrected chi connectivity index (χ1v) is 6.12. The van der Waals surface area contributed by atoms with Gasteiger partial charge in [0.1, 0.15) is 6.33 Å². The molecule has 0 aliphatic heterocycles. The first-order chi connectivity index (χ1) is 8.70. The summed E-state index contributed by atoms with van der Waals surface area (Å²) in [5, 5.41) is 1.08. The van der Waals surface area contributed by atoms with Gasteiger partial charge in [-0.25, -0.2) is 9.97 Å². The Morgan fingerprint density at radius 2 is 2.06 bits per heavy atom. The van der Waals surface area contributed by atoms with Gasteiger partial charge in [0.15, 0.2) is 0 Å². The quantitative estimate of drug-likeness (QED) is 0.668. The number of nitrogens with two attached hydrogens (primary N) is 1. The Balaban J connectivity index is 2.18. The van der Waals surface area contributed by atoms with Gasteiger partial charge in [0.2, 0.25) is 0 Å². The van der Waals surface area contributed by atoms with Crippen LogP contribution in [0, 0.1) is 0 Å². The number of rotatable bonds is 4. The van der Waals surface area contributed by atoms with Crippen molar-refractivity contribution in [3.8, 4) is 0 Å². The minimum absolute atomic E-state index is 0.0924. The fraction of sp³-hybridized carbons (Fsp3) is 0.167.